The molecule has 8 heteroatoms. The van der Waals surface area contributed by atoms with E-state index >= 15 is 0 Å². The fraction of sp³-hybridized carbons (Fsp3) is 0.200. The van der Waals surface area contributed by atoms with Gasteiger partial charge >= 0.3 is 0 Å². The Morgan fingerprint density at radius 2 is 1.96 bits per heavy atom. The van der Waals surface area contributed by atoms with Gasteiger partial charge in [-0.1, -0.05) is 30.3 Å². The van der Waals surface area contributed by atoms with Crippen molar-refractivity contribution in [3.05, 3.63) is 87.9 Å². The molecule has 28 heavy (non-hydrogen) atoms. The van der Waals surface area contributed by atoms with Gasteiger partial charge in [0, 0.05) is 38.1 Å². The van der Waals surface area contributed by atoms with Crippen LogP contribution in [0.1, 0.15) is 32.0 Å². The lowest BCUT2D eigenvalue weighted by molar-refractivity contribution is 0.0953. The van der Waals surface area contributed by atoms with Gasteiger partial charge in [-0.3, -0.25) is 14.4 Å². The molecule has 0 aliphatic heterocycles. The normalized spacial score (nSPS) is 10.5. The van der Waals surface area contributed by atoms with Crippen LogP contribution in [0.2, 0.25) is 0 Å². The summed E-state index contributed by atoms with van der Waals surface area (Å²) in [5.41, 5.74) is 1.53. The van der Waals surface area contributed by atoms with Crippen LogP contribution in [-0.4, -0.2) is 39.9 Å². The first-order chi connectivity index (χ1) is 13.6. The van der Waals surface area contributed by atoms with Crippen molar-refractivity contribution in [3.63, 3.8) is 0 Å². The second kappa shape index (κ2) is 8.81. The average molecular weight is 379 g/mol. The first-order valence-electron chi connectivity index (χ1n) is 8.84. The Balaban J connectivity index is 1.84. The number of rotatable bonds is 7. The number of carbonyl (C=O) groups excluding carboxylic acids is 2. The predicted molar refractivity (Wildman–Crippen MR) is 104 cm³/mol. The van der Waals surface area contributed by atoms with Crippen molar-refractivity contribution in [2.75, 3.05) is 13.6 Å². The number of pyridine rings is 1. The van der Waals surface area contributed by atoms with E-state index in [1.54, 1.807) is 12.5 Å². The van der Waals surface area contributed by atoms with Crippen LogP contribution in [0.3, 0.4) is 0 Å². The lowest BCUT2D eigenvalue weighted by Gasteiger charge is -2.12. The van der Waals surface area contributed by atoms with E-state index in [-0.39, 0.29) is 23.6 Å². The number of amides is 2. The fourth-order valence-corrected chi connectivity index (χ4v) is 2.79. The lowest BCUT2D eigenvalue weighted by atomic mass is 10.1. The smallest absolute Gasteiger partial charge is 0.263 e. The van der Waals surface area contributed by atoms with E-state index in [4.69, 9.17) is 0 Å². The van der Waals surface area contributed by atoms with Gasteiger partial charge < -0.3 is 20.2 Å². The Morgan fingerprint density at radius 1 is 1.18 bits per heavy atom. The molecule has 0 aliphatic carbocycles. The molecule has 0 atom stereocenters. The molecule has 0 unspecified atom stereocenters. The van der Waals surface area contributed by atoms with Crippen molar-refractivity contribution < 1.29 is 9.59 Å². The van der Waals surface area contributed by atoms with Crippen molar-refractivity contribution in [1.82, 2.24) is 25.2 Å². The lowest BCUT2D eigenvalue weighted by Crippen LogP contribution is -2.34. The largest absolute Gasteiger partial charge is 0.355 e. The van der Waals surface area contributed by atoms with Gasteiger partial charge in [-0.2, -0.15) is 0 Å². The van der Waals surface area contributed by atoms with Crippen LogP contribution in [0, 0.1) is 0 Å². The summed E-state index contributed by atoms with van der Waals surface area (Å²) in [6.07, 6.45) is 5.34. The molecule has 0 saturated heterocycles. The Hall–Kier alpha value is -3.68. The molecule has 0 bridgehead atoms. The zero-order valence-electron chi connectivity index (χ0n) is 15.4. The van der Waals surface area contributed by atoms with E-state index in [9.17, 15) is 14.4 Å². The molecule has 2 amide bonds. The summed E-state index contributed by atoms with van der Waals surface area (Å²) < 4.78 is 1.38. The minimum Gasteiger partial charge on any atom is -0.355 e. The van der Waals surface area contributed by atoms with E-state index in [1.165, 1.54) is 23.9 Å². The van der Waals surface area contributed by atoms with Crippen LogP contribution in [-0.2, 0) is 13.0 Å². The average Bonchev–Trinajstić information content (AvgIpc) is 3.23. The molecular weight excluding hydrogens is 358 g/mol. The summed E-state index contributed by atoms with van der Waals surface area (Å²) in [5, 5.41) is 5.24. The summed E-state index contributed by atoms with van der Waals surface area (Å²) in [4.78, 5) is 44.3. The van der Waals surface area contributed by atoms with E-state index in [2.05, 4.69) is 20.6 Å². The molecule has 8 nitrogen and oxygen atoms in total. The summed E-state index contributed by atoms with van der Waals surface area (Å²) in [6, 6.07) is 10.7. The molecule has 3 aromatic rings. The van der Waals surface area contributed by atoms with E-state index < -0.39 is 11.5 Å². The molecule has 1 aromatic carbocycles. The Kier molecular flexibility index (Phi) is 6.01. The highest BCUT2D eigenvalue weighted by atomic mass is 16.2. The third-order valence-electron chi connectivity index (χ3n) is 4.25. The maximum Gasteiger partial charge on any atom is 0.263 e. The van der Waals surface area contributed by atoms with E-state index in [0.29, 0.717) is 13.0 Å². The third-order valence-corrected chi connectivity index (χ3v) is 4.25. The molecule has 0 spiro atoms. The number of carbonyl (C=O) groups is 2. The molecule has 3 N–H and O–H groups in total. The van der Waals surface area contributed by atoms with Gasteiger partial charge in [0.05, 0.1) is 18.4 Å². The van der Waals surface area contributed by atoms with Gasteiger partial charge in [-0.05, 0) is 11.6 Å². The monoisotopic (exact) mass is 379 g/mol. The van der Waals surface area contributed by atoms with E-state index in [1.807, 2.05) is 30.3 Å². The van der Waals surface area contributed by atoms with Crippen molar-refractivity contribution in [1.29, 1.82) is 0 Å². The molecule has 144 valence electrons. The van der Waals surface area contributed by atoms with Gasteiger partial charge in [0.2, 0.25) is 0 Å². The minimum absolute atomic E-state index is 0.0698. The quantitative estimate of drug-likeness (QED) is 0.568. The number of nitrogens with one attached hydrogen (secondary N) is 3. The van der Waals surface area contributed by atoms with Crippen LogP contribution < -0.4 is 16.2 Å². The highest BCUT2D eigenvalue weighted by Gasteiger charge is 2.17. The zero-order chi connectivity index (χ0) is 19.9. The number of aromatic amines is 1. The van der Waals surface area contributed by atoms with Crippen LogP contribution in [0.15, 0.2) is 59.9 Å². The third kappa shape index (κ3) is 4.53. The zero-order valence-corrected chi connectivity index (χ0v) is 15.4. The molecule has 2 aromatic heterocycles. The minimum atomic E-state index is -0.529. The van der Waals surface area contributed by atoms with Crippen molar-refractivity contribution in [3.8, 4) is 0 Å². The number of hydrogen-bond donors (Lipinski definition) is 3. The number of aromatic nitrogens is 3. The molecule has 0 fully saturated rings. The van der Waals surface area contributed by atoms with Gasteiger partial charge in [0.1, 0.15) is 5.56 Å². The topological polar surface area (TPSA) is 109 Å². The summed E-state index contributed by atoms with van der Waals surface area (Å²) in [7, 11) is 1.44. The Morgan fingerprint density at radius 3 is 2.64 bits per heavy atom. The Bertz CT molecular complexity index is 1010. The number of H-pyrrole nitrogens is 1. The number of hydrogen-bond acceptors (Lipinski definition) is 4. The van der Waals surface area contributed by atoms with Gasteiger partial charge in [0.15, 0.2) is 0 Å². The van der Waals surface area contributed by atoms with E-state index in [0.717, 1.165) is 11.3 Å². The van der Waals surface area contributed by atoms with Crippen molar-refractivity contribution >= 4 is 11.8 Å². The number of benzene rings is 1. The van der Waals surface area contributed by atoms with Crippen molar-refractivity contribution in [2.24, 2.45) is 0 Å². The van der Waals surface area contributed by atoms with Gasteiger partial charge in [-0.15, -0.1) is 0 Å². The molecule has 3 rings (SSSR count). The van der Waals surface area contributed by atoms with Crippen molar-refractivity contribution in [2.45, 2.75) is 13.0 Å². The highest BCUT2D eigenvalue weighted by Crippen LogP contribution is 2.06. The first-order valence-corrected chi connectivity index (χ1v) is 8.84. The van der Waals surface area contributed by atoms with Gasteiger partial charge in [0.25, 0.3) is 17.4 Å². The summed E-state index contributed by atoms with van der Waals surface area (Å²) in [5.74, 6) is -0.884. The van der Waals surface area contributed by atoms with Crippen LogP contribution in [0.25, 0.3) is 0 Å². The number of imidazole rings is 1. The second-order valence-corrected chi connectivity index (χ2v) is 6.22. The van der Waals surface area contributed by atoms with Gasteiger partial charge in [-0.25, -0.2) is 4.98 Å². The SMILES string of the molecule is CNC(=O)c1cc(C(=O)NCCc2cnc[nH]2)cn(Cc2ccccc2)c1=O. The predicted octanol–water partition coefficient (Wildman–Crippen LogP) is 0.952. The molecule has 0 radical (unpaired) electrons. The summed E-state index contributed by atoms with van der Waals surface area (Å²) in [6.45, 7) is 0.660. The molecule has 0 aliphatic rings. The number of nitrogens with zero attached hydrogens (tertiary/aromatic N) is 2. The molecular formula is C20H21N5O3. The fourth-order valence-electron chi connectivity index (χ4n) is 2.79. The van der Waals surface area contributed by atoms with Crippen LogP contribution in [0.5, 0.6) is 0 Å². The highest BCUT2D eigenvalue weighted by molar-refractivity contribution is 5.99. The van der Waals surface area contributed by atoms with Crippen LogP contribution >= 0.6 is 0 Å². The molecule has 2 heterocycles. The summed E-state index contributed by atoms with van der Waals surface area (Å²) >= 11 is 0. The standard InChI is InChI=1S/C20H21N5O3/c1-21-19(27)17-9-15(18(26)23-8-7-16-10-22-13-24-16)12-25(20(17)28)11-14-5-3-2-4-6-14/h2-6,9-10,12-13H,7-8,11H2,1H3,(H,21,27)(H,22,24)(H,23,26). The maximum atomic E-state index is 12.7. The second-order valence-electron chi connectivity index (χ2n) is 6.22. The Labute approximate surface area is 161 Å². The first kappa shape index (κ1) is 19.1. The molecule has 0 saturated carbocycles. The van der Waals surface area contributed by atoms with Crippen LogP contribution in [0.4, 0.5) is 0 Å². The maximum absolute atomic E-state index is 12.7.